The molecular formula is C13H19ClN2O4. The number of ether oxygens (including phenoxy) is 2. The topological polar surface area (TPSA) is 73.6 Å². The largest absolute Gasteiger partial charge is 0.382 e. The molecule has 1 aromatic carbocycles. The van der Waals surface area contributed by atoms with Crippen LogP contribution in [0.2, 0.25) is 5.02 Å². The van der Waals surface area contributed by atoms with Crippen LogP contribution < -0.4 is 5.32 Å². The van der Waals surface area contributed by atoms with E-state index in [-0.39, 0.29) is 5.69 Å². The lowest BCUT2D eigenvalue weighted by Crippen LogP contribution is -2.17. The van der Waals surface area contributed by atoms with Gasteiger partial charge in [-0.25, -0.2) is 0 Å². The van der Waals surface area contributed by atoms with E-state index in [1.54, 1.807) is 13.2 Å². The van der Waals surface area contributed by atoms with E-state index < -0.39 is 4.92 Å². The van der Waals surface area contributed by atoms with Gasteiger partial charge < -0.3 is 14.8 Å². The zero-order chi connectivity index (χ0) is 14.8. The second-order valence-electron chi connectivity index (χ2n) is 4.17. The first-order valence-corrected chi connectivity index (χ1v) is 6.73. The van der Waals surface area contributed by atoms with Gasteiger partial charge in [0.2, 0.25) is 0 Å². The van der Waals surface area contributed by atoms with Gasteiger partial charge in [-0.3, -0.25) is 10.1 Å². The molecule has 1 N–H and O–H groups in total. The maximum Gasteiger partial charge on any atom is 0.270 e. The molecule has 0 fully saturated rings. The Hall–Kier alpha value is -1.21. The lowest BCUT2D eigenvalue weighted by Gasteiger charge is -2.07. The number of methoxy groups -OCH3 is 1. The average Bonchev–Trinajstić information content (AvgIpc) is 2.43. The van der Waals surface area contributed by atoms with Gasteiger partial charge in [-0.2, -0.15) is 0 Å². The van der Waals surface area contributed by atoms with Gasteiger partial charge in [0.15, 0.2) is 0 Å². The number of rotatable bonds is 10. The Kier molecular flexibility index (Phi) is 8.13. The summed E-state index contributed by atoms with van der Waals surface area (Å²) in [6.07, 6.45) is 0.883. The summed E-state index contributed by atoms with van der Waals surface area (Å²) >= 11 is 5.99. The fourth-order valence-electron chi connectivity index (χ4n) is 1.56. The molecule has 20 heavy (non-hydrogen) atoms. The van der Waals surface area contributed by atoms with Crippen LogP contribution in [0.3, 0.4) is 0 Å². The van der Waals surface area contributed by atoms with Gasteiger partial charge in [0, 0.05) is 32.4 Å². The molecule has 1 aromatic rings. The van der Waals surface area contributed by atoms with Crippen molar-refractivity contribution in [2.24, 2.45) is 0 Å². The molecule has 0 saturated heterocycles. The van der Waals surface area contributed by atoms with Crippen LogP contribution in [-0.4, -0.2) is 38.4 Å². The Morgan fingerprint density at radius 2 is 2.15 bits per heavy atom. The zero-order valence-electron chi connectivity index (χ0n) is 11.4. The maximum atomic E-state index is 10.6. The third kappa shape index (κ3) is 6.29. The van der Waals surface area contributed by atoms with Crippen LogP contribution >= 0.6 is 11.6 Å². The monoisotopic (exact) mass is 302 g/mol. The second-order valence-corrected chi connectivity index (χ2v) is 4.58. The Balaban J connectivity index is 2.20. The van der Waals surface area contributed by atoms with Gasteiger partial charge in [-0.1, -0.05) is 11.6 Å². The molecular weight excluding hydrogens is 284 g/mol. The van der Waals surface area contributed by atoms with Crippen molar-refractivity contribution in [2.45, 2.75) is 13.0 Å². The Morgan fingerprint density at radius 1 is 1.35 bits per heavy atom. The van der Waals surface area contributed by atoms with Crippen molar-refractivity contribution in [3.63, 3.8) is 0 Å². The molecule has 112 valence electrons. The van der Waals surface area contributed by atoms with Crippen LogP contribution in [0.4, 0.5) is 5.69 Å². The van der Waals surface area contributed by atoms with Crippen molar-refractivity contribution in [1.29, 1.82) is 0 Å². The Morgan fingerprint density at radius 3 is 2.80 bits per heavy atom. The molecule has 0 saturated carbocycles. The number of hydrogen-bond donors (Lipinski definition) is 1. The van der Waals surface area contributed by atoms with Crippen molar-refractivity contribution in [3.8, 4) is 0 Å². The first kappa shape index (κ1) is 16.8. The first-order chi connectivity index (χ1) is 9.65. The summed E-state index contributed by atoms with van der Waals surface area (Å²) in [5.41, 5.74) is 0.850. The number of nitro groups is 1. The fourth-order valence-corrected chi connectivity index (χ4v) is 1.80. The number of non-ortho nitro benzene ring substituents is 1. The molecule has 0 aliphatic heterocycles. The smallest absolute Gasteiger partial charge is 0.270 e. The SMILES string of the molecule is COCCOCCCNCc1ccc([N+](=O)[O-])cc1Cl. The second kappa shape index (κ2) is 9.66. The Labute approximate surface area is 123 Å². The summed E-state index contributed by atoms with van der Waals surface area (Å²) in [4.78, 5) is 10.1. The van der Waals surface area contributed by atoms with E-state index in [4.69, 9.17) is 21.1 Å². The number of nitrogens with zero attached hydrogens (tertiary/aromatic N) is 1. The fraction of sp³-hybridized carbons (Fsp3) is 0.538. The van der Waals surface area contributed by atoms with Crippen LogP contribution in [0.1, 0.15) is 12.0 Å². The van der Waals surface area contributed by atoms with Crippen LogP contribution in [-0.2, 0) is 16.0 Å². The van der Waals surface area contributed by atoms with E-state index >= 15 is 0 Å². The van der Waals surface area contributed by atoms with Crippen molar-refractivity contribution < 1.29 is 14.4 Å². The number of nitro benzene ring substituents is 1. The van der Waals surface area contributed by atoms with Gasteiger partial charge in [0.1, 0.15) is 0 Å². The zero-order valence-corrected chi connectivity index (χ0v) is 12.2. The molecule has 0 unspecified atom stereocenters. The quantitative estimate of drug-likeness (QED) is 0.408. The summed E-state index contributed by atoms with van der Waals surface area (Å²) in [5, 5.41) is 14.2. The molecule has 1 rings (SSSR count). The molecule has 0 atom stereocenters. The van der Waals surface area contributed by atoms with Gasteiger partial charge in [-0.15, -0.1) is 0 Å². The van der Waals surface area contributed by atoms with Crippen molar-refractivity contribution in [2.75, 3.05) is 33.5 Å². The molecule has 0 bridgehead atoms. The average molecular weight is 303 g/mol. The van der Waals surface area contributed by atoms with E-state index in [0.717, 1.165) is 18.5 Å². The molecule has 0 spiro atoms. The molecule has 0 heterocycles. The summed E-state index contributed by atoms with van der Waals surface area (Å²) < 4.78 is 10.2. The van der Waals surface area contributed by atoms with Gasteiger partial charge in [0.25, 0.3) is 5.69 Å². The summed E-state index contributed by atoms with van der Waals surface area (Å²) in [6, 6.07) is 4.49. The van der Waals surface area contributed by atoms with Gasteiger partial charge in [-0.05, 0) is 24.6 Å². The number of benzene rings is 1. The highest BCUT2D eigenvalue weighted by Crippen LogP contribution is 2.22. The van der Waals surface area contributed by atoms with E-state index in [2.05, 4.69) is 5.32 Å². The molecule has 0 aliphatic carbocycles. The van der Waals surface area contributed by atoms with Crippen molar-refractivity contribution in [1.82, 2.24) is 5.32 Å². The van der Waals surface area contributed by atoms with Crippen molar-refractivity contribution >= 4 is 17.3 Å². The highest BCUT2D eigenvalue weighted by Gasteiger charge is 2.08. The third-order valence-electron chi connectivity index (χ3n) is 2.64. The lowest BCUT2D eigenvalue weighted by molar-refractivity contribution is -0.384. The predicted molar refractivity (Wildman–Crippen MR) is 77.1 cm³/mol. The number of halogens is 1. The van der Waals surface area contributed by atoms with Gasteiger partial charge in [0.05, 0.1) is 23.2 Å². The lowest BCUT2D eigenvalue weighted by atomic mass is 10.2. The summed E-state index contributed by atoms with van der Waals surface area (Å²) in [7, 11) is 1.64. The summed E-state index contributed by atoms with van der Waals surface area (Å²) in [5.74, 6) is 0. The highest BCUT2D eigenvalue weighted by molar-refractivity contribution is 6.31. The molecule has 0 aliphatic rings. The van der Waals surface area contributed by atoms with E-state index in [0.29, 0.717) is 31.4 Å². The number of hydrogen-bond acceptors (Lipinski definition) is 5. The minimum absolute atomic E-state index is 0.00490. The van der Waals surface area contributed by atoms with E-state index in [1.807, 2.05) is 0 Å². The Bertz CT molecular complexity index is 429. The molecule has 0 aromatic heterocycles. The van der Waals surface area contributed by atoms with E-state index in [9.17, 15) is 10.1 Å². The van der Waals surface area contributed by atoms with E-state index in [1.165, 1.54) is 12.1 Å². The standard InChI is InChI=1S/C13H19ClN2O4/c1-19-7-8-20-6-2-5-15-10-11-3-4-12(16(17)18)9-13(11)14/h3-4,9,15H,2,5-8,10H2,1H3. The summed E-state index contributed by atoms with van der Waals surface area (Å²) in [6.45, 7) is 3.25. The number of nitrogens with one attached hydrogen (secondary N) is 1. The maximum absolute atomic E-state index is 10.6. The normalized spacial score (nSPS) is 10.7. The van der Waals surface area contributed by atoms with Crippen LogP contribution in [0.25, 0.3) is 0 Å². The predicted octanol–water partition coefficient (Wildman–Crippen LogP) is 2.39. The minimum Gasteiger partial charge on any atom is -0.382 e. The van der Waals surface area contributed by atoms with Crippen LogP contribution in [0, 0.1) is 10.1 Å². The first-order valence-electron chi connectivity index (χ1n) is 6.35. The van der Waals surface area contributed by atoms with Crippen LogP contribution in [0.15, 0.2) is 18.2 Å². The third-order valence-corrected chi connectivity index (χ3v) is 2.99. The van der Waals surface area contributed by atoms with Gasteiger partial charge >= 0.3 is 0 Å². The molecule has 0 amide bonds. The molecule has 6 nitrogen and oxygen atoms in total. The molecule has 0 radical (unpaired) electrons. The molecule has 7 heteroatoms. The minimum atomic E-state index is -0.458. The highest BCUT2D eigenvalue weighted by atomic mass is 35.5. The van der Waals surface area contributed by atoms with Crippen molar-refractivity contribution in [3.05, 3.63) is 38.9 Å². The van der Waals surface area contributed by atoms with Crippen LogP contribution in [0.5, 0.6) is 0 Å².